The Morgan fingerprint density at radius 1 is 1.45 bits per heavy atom. The number of carboxylic acids is 1. The van der Waals surface area contributed by atoms with Gasteiger partial charge < -0.3 is 14.6 Å². The summed E-state index contributed by atoms with van der Waals surface area (Å²) in [6.07, 6.45) is 2.25. The molecule has 1 aromatic rings. The predicted molar refractivity (Wildman–Crippen MR) is 74.9 cm³/mol. The first-order chi connectivity index (χ1) is 9.58. The lowest BCUT2D eigenvalue weighted by Crippen LogP contribution is -2.19. The van der Waals surface area contributed by atoms with E-state index in [0.29, 0.717) is 35.7 Å². The maximum absolute atomic E-state index is 11.2. The molecule has 1 atom stereocenters. The van der Waals surface area contributed by atoms with Gasteiger partial charge in [-0.05, 0) is 31.2 Å². The molecule has 1 aliphatic carbocycles. The number of halogens is 1. The number of carboxylic acid groups (broad SMARTS) is 1. The molecule has 1 N–H and O–H groups in total. The molecule has 5 heteroatoms. The van der Waals surface area contributed by atoms with Crippen LogP contribution in [-0.2, 0) is 4.79 Å². The number of benzene rings is 1. The molecule has 20 heavy (non-hydrogen) atoms. The Hall–Kier alpha value is -1.42. The van der Waals surface area contributed by atoms with Gasteiger partial charge in [-0.3, -0.25) is 4.79 Å². The Morgan fingerprint density at radius 3 is 2.80 bits per heavy atom. The van der Waals surface area contributed by atoms with Crippen molar-refractivity contribution in [3.8, 4) is 11.5 Å². The number of hydrogen-bond acceptors (Lipinski definition) is 3. The van der Waals surface area contributed by atoms with Crippen molar-refractivity contribution in [1.82, 2.24) is 0 Å². The molecular formula is C15H17ClO4. The molecular weight excluding hydrogens is 280 g/mol. The predicted octanol–water partition coefficient (Wildman–Crippen LogP) is 3.39. The normalized spacial score (nSPS) is 18.7. The average Bonchev–Trinajstić information content (AvgIpc) is 3.22. The van der Waals surface area contributed by atoms with Crippen LogP contribution < -0.4 is 9.47 Å². The molecule has 1 unspecified atom stereocenters. The fourth-order valence-electron chi connectivity index (χ4n) is 2.91. The van der Waals surface area contributed by atoms with E-state index >= 15 is 0 Å². The molecule has 4 nitrogen and oxygen atoms in total. The average molecular weight is 297 g/mol. The summed E-state index contributed by atoms with van der Waals surface area (Å²) in [6.45, 7) is 2.91. The van der Waals surface area contributed by atoms with Crippen LogP contribution in [0.25, 0.3) is 0 Å². The van der Waals surface area contributed by atoms with Crippen LogP contribution in [0.3, 0.4) is 0 Å². The van der Waals surface area contributed by atoms with Crippen molar-refractivity contribution in [2.24, 2.45) is 5.92 Å². The second-order valence-electron chi connectivity index (χ2n) is 5.46. The lowest BCUT2D eigenvalue weighted by molar-refractivity contribution is -0.137. The van der Waals surface area contributed by atoms with Crippen LogP contribution >= 0.6 is 11.6 Å². The summed E-state index contributed by atoms with van der Waals surface area (Å²) in [5.74, 6) is 0.917. The van der Waals surface area contributed by atoms with Crippen LogP contribution in [0.5, 0.6) is 11.5 Å². The molecule has 1 aromatic carbocycles. The second kappa shape index (κ2) is 5.17. The van der Waals surface area contributed by atoms with E-state index in [0.717, 1.165) is 24.0 Å². The topological polar surface area (TPSA) is 55.8 Å². The Kier molecular flexibility index (Phi) is 3.50. The molecule has 0 spiro atoms. The quantitative estimate of drug-likeness (QED) is 0.925. The first kappa shape index (κ1) is 13.6. The standard InChI is InChI=1S/C15H17ClO4/c1-8-11(16)7-12-15(20-5-4-19-12)14(8)10(6-13(17)18)9-2-3-9/h7,9-10H,2-6H2,1H3,(H,17,18). The Balaban J connectivity index is 2.09. The number of hydrogen-bond donors (Lipinski definition) is 1. The molecule has 0 amide bonds. The largest absolute Gasteiger partial charge is 0.486 e. The zero-order chi connectivity index (χ0) is 14.3. The highest BCUT2D eigenvalue weighted by atomic mass is 35.5. The van der Waals surface area contributed by atoms with Crippen molar-refractivity contribution in [3.63, 3.8) is 0 Å². The van der Waals surface area contributed by atoms with Crippen LogP contribution in [0.15, 0.2) is 6.07 Å². The summed E-state index contributed by atoms with van der Waals surface area (Å²) in [5, 5.41) is 9.79. The van der Waals surface area contributed by atoms with Crippen LogP contribution in [0.2, 0.25) is 5.02 Å². The van der Waals surface area contributed by atoms with Gasteiger partial charge >= 0.3 is 5.97 Å². The van der Waals surface area contributed by atoms with Gasteiger partial charge in [-0.15, -0.1) is 0 Å². The minimum absolute atomic E-state index is 0.0401. The van der Waals surface area contributed by atoms with Crippen LogP contribution in [0.4, 0.5) is 0 Å². The molecule has 0 bridgehead atoms. The van der Waals surface area contributed by atoms with E-state index in [-0.39, 0.29) is 12.3 Å². The van der Waals surface area contributed by atoms with Crippen LogP contribution in [-0.4, -0.2) is 24.3 Å². The van der Waals surface area contributed by atoms with Gasteiger partial charge in [-0.1, -0.05) is 11.6 Å². The number of carbonyl (C=O) groups is 1. The Bertz CT molecular complexity index is 551. The highest BCUT2D eigenvalue weighted by molar-refractivity contribution is 6.31. The maximum Gasteiger partial charge on any atom is 0.303 e. The molecule has 0 radical (unpaired) electrons. The first-order valence-electron chi connectivity index (χ1n) is 6.88. The lowest BCUT2D eigenvalue weighted by Gasteiger charge is -2.27. The van der Waals surface area contributed by atoms with Gasteiger partial charge in [0.2, 0.25) is 0 Å². The smallest absolute Gasteiger partial charge is 0.303 e. The van der Waals surface area contributed by atoms with Gasteiger partial charge in [-0.25, -0.2) is 0 Å². The third kappa shape index (κ3) is 2.44. The molecule has 2 aliphatic rings. The van der Waals surface area contributed by atoms with Gasteiger partial charge in [0.15, 0.2) is 11.5 Å². The molecule has 1 heterocycles. The third-order valence-electron chi connectivity index (χ3n) is 4.03. The minimum atomic E-state index is -0.785. The fraction of sp³-hybridized carbons (Fsp3) is 0.533. The van der Waals surface area contributed by atoms with E-state index in [1.54, 1.807) is 6.07 Å². The number of ether oxygens (including phenoxy) is 2. The highest BCUT2D eigenvalue weighted by Gasteiger charge is 2.38. The monoisotopic (exact) mass is 296 g/mol. The van der Waals surface area contributed by atoms with E-state index in [9.17, 15) is 9.90 Å². The molecule has 0 saturated heterocycles. The number of fused-ring (bicyclic) bond motifs is 1. The van der Waals surface area contributed by atoms with Gasteiger partial charge in [0.05, 0.1) is 6.42 Å². The van der Waals surface area contributed by atoms with Gasteiger partial charge in [0.1, 0.15) is 13.2 Å². The van der Waals surface area contributed by atoms with Gasteiger partial charge in [0.25, 0.3) is 0 Å². The lowest BCUT2D eigenvalue weighted by atomic mass is 9.86. The van der Waals surface area contributed by atoms with E-state index in [1.165, 1.54) is 0 Å². The molecule has 108 valence electrons. The van der Waals surface area contributed by atoms with Crippen molar-refractivity contribution in [3.05, 3.63) is 22.2 Å². The summed E-state index contributed by atoms with van der Waals surface area (Å²) >= 11 is 6.27. The van der Waals surface area contributed by atoms with Crippen molar-refractivity contribution in [2.75, 3.05) is 13.2 Å². The van der Waals surface area contributed by atoms with Crippen molar-refractivity contribution in [1.29, 1.82) is 0 Å². The zero-order valence-corrected chi connectivity index (χ0v) is 12.1. The summed E-state index contributed by atoms with van der Waals surface area (Å²) in [6, 6.07) is 1.76. The SMILES string of the molecule is Cc1c(Cl)cc2c(c1C(CC(=O)O)C1CC1)OCCO2. The Morgan fingerprint density at radius 2 is 2.15 bits per heavy atom. The second-order valence-corrected chi connectivity index (χ2v) is 5.87. The maximum atomic E-state index is 11.2. The molecule has 0 aromatic heterocycles. The summed E-state index contributed by atoms with van der Waals surface area (Å²) in [5.41, 5.74) is 1.84. The van der Waals surface area contributed by atoms with E-state index in [2.05, 4.69) is 0 Å². The zero-order valence-electron chi connectivity index (χ0n) is 11.3. The molecule has 1 saturated carbocycles. The van der Waals surface area contributed by atoms with Gasteiger partial charge in [-0.2, -0.15) is 0 Å². The fourth-order valence-corrected chi connectivity index (χ4v) is 3.11. The summed E-state index contributed by atoms with van der Waals surface area (Å²) in [7, 11) is 0. The number of aliphatic carboxylic acids is 1. The minimum Gasteiger partial charge on any atom is -0.486 e. The highest BCUT2D eigenvalue weighted by Crippen LogP contribution is 2.52. The first-order valence-corrected chi connectivity index (χ1v) is 7.26. The van der Waals surface area contributed by atoms with Gasteiger partial charge in [0, 0.05) is 22.6 Å². The molecule has 3 rings (SSSR count). The van der Waals surface area contributed by atoms with E-state index in [4.69, 9.17) is 21.1 Å². The summed E-state index contributed by atoms with van der Waals surface area (Å²) in [4.78, 5) is 11.2. The molecule has 1 fully saturated rings. The van der Waals surface area contributed by atoms with Crippen molar-refractivity contribution >= 4 is 17.6 Å². The molecule has 1 aliphatic heterocycles. The van der Waals surface area contributed by atoms with Crippen molar-refractivity contribution < 1.29 is 19.4 Å². The Labute approximate surface area is 122 Å². The van der Waals surface area contributed by atoms with Crippen LogP contribution in [0, 0.1) is 12.8 Å². The van der Waals surface area contributed by atoms with Crippen molar-refractivity contribution in [2.45, 2.75) is 32.1 Å². The van der Waals surface area contributed by atoms with Crippen LogP contribution in [0.1, 0.15) is 36.3 Å². The third-order valence-corrected chi connectivity index (χ3v) is 4.42. The summed E-state index contributed by atoms with van der Waals surface area (Å²) < 4.78 is 11.4. The number of rotatable bonds is 4. The van der Waals surface area contributed by atoms with E-state index in [1.807, 2.05) is 6.92 Å². The van der Waals surface area contributed by atoms with E-state index < -0.39 is 5.97 Å².